The number of hydrogen-bond donors (Lipinski definition) is 2. The Hall–Kier alpha value is -3.56. The number of carbonyl (C=O) groups is 2. The van der Waals surface area contributed by atoms with Gasteiger partial charge in [-0.3, -0.25) is 9.78 Å². The molecule has 0 spiro atoms. The lowest BCUT2D eigenvalue weighted by molar-refractivity contribution is -0.116. The average Bonchev–Trinajstić information content (AvgIpc) is 2.88. The van der Waals surface area contributed by atoms with Gasteiger partial charge in [-0.2, -0.15) is 0 Å². The summed E-state index contributed by atoms with van der Waals surface area (Å²) in [6, 6.07) is 10.6. The van der Waals surface area contributed by atoms with E-state index in [1.54, 1.807) is 6.20 Å². The van der Waals surface area contributed by atoms with Gasteiger partial charge in [0.05, 0.1) is 41.2 Å². The number of aryl methyl sites for hydroxylation is 1. The van der Waals surface area contributed by atoms with Crippen LogP contribution in [-0.2, 0) is 11.2 Å². The Bertz CT molecular complexity index is 1280. The van der Waals surface area contributed by atoms with Gasteiger partial charge in [-0.15, -0.1) is 0 Å². The highest BCUT2D eigenvalue weighted by Crippen LogP contribution is 2.30. The highest BCUT2D eigenvalue weighted by molar-refractivity contribution is 6.39. The van der Waals surface area contributed by atoms with Crippen molar-refractivity contribution in [2.45, 2.75) is 38.7 Å². The normalized spacial score (nSPS) is 15.1. The summed E-state index contributed by atoms with van der Waals surface area (Å²) in [5, 5.41) is 12.0. The lowest BCUT2D eigenvalue weighted by Crippen LogP contribution is -2.41. The minimum absolute atomic E-state index is 0.0316. The molecule has 3 aromatic rings. The van der Waals surface area contributed by atoms with Crippen molar-refractivity contribution in [3.8, 4) is 11.5 Å². The van der Waals surface area contributed by atoms with Crippen molar-refractivity contribution in [2.24, 2.45) is 0 Å². The molecule has 0 radical (unpaired) electrons. The molecule has 1 amide bonds. The molecule has 1 aliphatic heterocycles. The molecule has 2 heterocycles. The molecule has 4 rings (SSSR count). The number of carbonyl (C=O) groups excluding carboxylic acids is 1. The Labute approximate surface area is 230 Å². The maximum atomic E-state index is 12.6. The third kappa shape index (κ3) is 7.05. The van der Waals surface area contributed by atoms with Gasteiger partial charge in [0.1, 0.15) is 11.9 Å². The van der Waals surface area contributed by atoms with E-state index in [2.05, 4.69) is 20.2 Å². The van der Waals surface area contributed by atoms with Gasteiger partial charge in [0, 0.05) is 13.0 Å². The van der Waals surface area contributed by atoms with Crippen molar-refractivity contribution >= 4 is 46.7 Å². The first-order valence-electron chi connectivity index (χ1n) is 12.3. The Morgan fingerprint density at radius 3 is 2.61 bits per heavy atom. The molecule has 1 saturated heterocycles. The Morgan fingerprint density at radius 1 is 1.16 bits per heavy atom. The van der Waals surface area contributed by atoms with E-state index in [0.29, 0.717) is 42.5 Å². The summed E-state index contributed by atoms with van der Waals surface area (Å²) in [5.74, 6) is 0.960. The molecular formula is C27H28Cl2N4O5. The van der Waals surface area contributed by atoms with Crippen LogP contribution in [0.5, 0.6) is 11.5 Å². The number of rotatable bonds is 10. The van der Waals surface area contributed by atoms with Crippen LogP contribution in [0.15, 0.2) is 48.8 Å². The van der Waals surface area contributed by atoms with E-state index in [9.17, 15) is 14.7 Å². The van der Waals surface area contributed by atoms with Crippen LogP contribution in [-0.4, -0.2) is 52.8 Å². The summed E-state index contributed by atoms with van der Waals surface area (Å²) in [4.78, 5) is 34.7. The van der Waals surface area contributed by atoms with Gasteiger partial charge in [-0.25, -0.2) is 9.78 Å². The SMILES string of the molecule is CCOc1ccccc1O[C@@H]1CCCN(c2cncc(NC(=O)CCc3cc(Cl)c(C(=O)O)c(Cl)c3)n2)C1. The van der Waals surface area contributed by atoms with E-state index in [4.69, 9.17) is 32.7 Å². The van der Waals surface area contributed by atoms with E-state index < -0.39 is 5.97 Å². The summed E-state index contributed by atoms with van der Waals surface area (Å²) < 4.78 is 11.9. The molecule has 9 nitrogen and oxygen atoms in total. The number of para-hydroxylation sites is 2. The number of nitrogens with one attached hydrogen (secondary N) is 1. The molecule has 200 valence electrons. The summed E-state index contributed by atoms with van der Waals surface area (Å²) in [7, 11) is 0. The van der Waals surface area contributed by atoms with E-state index >= 15 is 0 Å². The maximum Gasteiger partial charge on any atom is 0.338 e. The van der Waals surface area contributed by atoms with Crippen molar-refractivity contribution in [1.29, 1.82) is 0 Å². The number of aromatic nitrogens is 2. The van der Waals surface area contributed by atoms with Crippen LogP contribution >= 0.6 is 23.2 Å². The number of aromatic carboxylic acids is 1. The Morgan fingerprint density at radius 2 is 1.89 bits per heavy atom. The fourth-order valence-electron chi connectivity index (χ4n) is 4.25. The van der Waals surface area contributed by atoms with E-state index in [1.165, 1.54) is 18.3 Å². The zero-order valence-corrected chi connectivity index (χ0v) is 22.3. The first-order chi connectivity index (χ1) is 18.3. The molecule has 2 aromatic carbocycles. The molecule has 1 atom stereocenters. The van der Waals surface area contributed by atoms with Crippen LogP contribution in [0, 0.1) is 0 Å². The number of piperidine rings is 1. The number of carboxylic acid groups (broad SMARTS) is 1. The fraction of sp³-hybridized carbons (Fsp3) is 0.333. The first kappa shape index (κ1) is 27.5. The predicted octanol–water partition coefficient (Wildman–Crippen LogP) is 5.50. The quantitative estimate of drug-likeness (QED) is 0.335. The van der Waals surface area contributed by atoms with E-state index in [1.807, 2.05) is 31.2 Å². The van der Waals surface area contributed by atoms with Crippen LogP contribution in [0.2, 0.25) is 10.0 Å². The molecule has 11 heteroatoms. The number of hydrogen-bond acceptors (Lipinski definition) is 7. The minimum atomic E-state index is -1.20. The van der Waals surface area contributed by atoms with Crippen molar-refractivity contribution < 1.29 is 24.2 Å². The largest absolute Gasteiger partial charge is 0.490 e. The van der Waals surface area contributed by atoms with Gasteiger partial charge in [-0.05, 0) is 56.0 Å². The van der Waals surface area contributed by atoms with Crippen molar-refractivity contribution in [3.05, 3.63) is 70.0 Å². The number of amides is 1. The monoisotopic (exact) mass is 558 g/mol. The van der Waals surface area contributed by atoms with Gasteiger partial charge in [0.2, 0.25) is 5.91 Å². The lowest BCUT2D eigenvalue weighted by atomic mass is 10.1. The fourth-order valence-corrected chi connectivity index (χ4v) is 4.94. The zero-order chi connectivity index (χ0) is 27.1. The molecule has 0 unspecified atom stereocenters. The molecule has 2 N–H and O–H groups in total. The first-order valence-corrected chi connectivity index (χ1v) is 13.1. The smallest absolute Gasteiger partial charge is 0.338 e. The van der Waals surface area contributed by atoms with Crippen molar-refractivity contribution in [1.82, 2.24) is 9.97 Å². The van der Waals surface area contributed by atoms with Gasteiger partial charge in [-0.1, -0.05) is 35.3 Å². The van der Waals surface area contributed by atoms with Crippen molar-refractivity contribution in [2.75, 3.05) is 29.9 Å². The van der Waals surface area contributed by atoms with Gasteiger partial charge < -0.3 is 24.8 Å². The number of halogens is 2. The zero-order valence-electron chi connectivity index (χ0n) is 20.8. The molecule has 0 aliphatic carbocycles. The Kier molecular flexibility index (Phi) is 9.25. The van der Waals surface area contributed by atoms with Gasteiger partial charge >= 0.3 is 5.97 Å². The minimum Gasteiger partial charge on any atom is -0.490 e. The number of ether oxygens (including phenoxy) is 2. The molecule has 1 aliphatic rings. The third-order valence-electron chi connectivity index (χ3n) is 5.99. The van der Waals surface area contributed by atoms with Crippen LogP contribution in [0.4, 0.5) is 11.6 Å². The second-order valence-corrected chi connectivity index (χ2v) is 9.57. The van der Waals surface area contributed by atoms with Gasteiger partial charge in [0.15, 0.2) is 17.3 Å². The molecule has 0 bridgehead atoms. The molecule has 1 aromatic heterocycles. The standard InChI is InChI=1S/C27H28Cl2N4O5/c1-2-37-21-7-3-4-8-22(21)38-18-6-5-11-33(16-18)24-15-30-14-23(31-24)32-25(34)10-9-17-12-19(28)26(27(35)36)20(29)13-17/h3-4,7-8,12-15,18H,2,5-6,9-11,16H2,1H3,(H,35,36)(H,31,32,34)/t18-/m1/s1. The summed E-state index contributed by atoms with van der Waals surface area (Å²) >= 11 is 12.1. The predicted molar refractivity (Wildman–Crippen MR) is 146 cm³/mol. The van der Waals surface area contributed by atoms with E-state index in [0.717, 1.165) is 25.1 Å². The highest BCUT2D eigenvalue weighted by Gasteiger charge is 2.24. The summed E-state index contributed by atoms with van der Waals surface area (Å²) in [5.41, 5.74) is 0.503. The van der Waals surface area contributed by atoms with Crippen LogP contribution in [0.25, 0.3) is 0 Å². The second-order valence-electron chi connectivity index (χ2n) is 8.76. The van der Waals surface area contributed by atoms with Crippen LogP contribution < -0.4 is 19.7 Å². The topological polar surface area (TPSA) is 114 Å². The van der Waals surface area contributed by atoms with Crippen LogP contribution in [0.3, 0.4) is 0 Å². The van der Waals surface area contributed by atoms with Crippen molar-refractivity contribution in [3.63, 3.8) is 0 Å². The summed E-state index contributed by atoms with van der Waals surface area (Å²) in [6.45, 7) is 3.92. The number of nitrogens with zero attached hydrogens (tertiary/aromatic N) is 3. The van der Waals surface area contributed by atoms with Gasteiger partial charge in [0.25, 0.3) is 0 Å². The maximum absolute atomic E-state index is 12.6. The second kappa shape index (κ2) is 12.8. The number of carboxylic acids is 1. The number of benzene rings is 2. The van der Waals surface area contributed by atoms with E-state index in [-0.39, 0.29) is 34.0 Å². The Balaban J connectivity index is 1.35. The highest BCUT2D eigenvalue weighted by atomic mass is 35.5. The molecular weight excluding hydrogens is 531 g/mol. The molecule has 38 heavy (non-hydrogen) atoms. The average molecular weight is 559 g/mol. The lowest BCUT2D eigenvalue weighted by Gasteiger charge is -2.33. The molecule has 0 saturated carbocycles. The summed E-state index contributed by atoms with van der Waals surface area (Å²) in [6.07, 6.45) is 5.40. The number of anilines is 2. The molecule has 1 fully saturated rings. The third-order valence-corrected chi connectivity index (χ3v) is 6.59. The van der Waals surface area contributed by atoms with Crippen LogP contribution in [0.1, 0.15) is 42.1 Å².